The lowest BCUT2D eigenvalue weighted by Crippen LogP contribution is -2.47. The highest BCUT2D eigenvalue weighted by Gasteiger charge is 2.30. The number of ether oxygens (including phenoxy) is 2. The number of piperidine rings is 1. The van der Waals surface area contributed by atoms with Gasteiger partial charge in [0.05, 0.1) is 13.0 Å². The highest BCUT2D eigenvalue weighted by atomic mass is 16.5. The lowest BCUT2D eigenvalue weighted by atomic mass is 9.94. The predicted octanol–water partition coefficient (Wildman–Crippen LogP) is 4.19. The van der Waals surface area contributed by atoms with Crippen LogP contribution in [0.3, 0.4) is 0 Å². The molecule has 1 atom stereocenters. The molecule has 5 heteroatoms. The minimum Gasteiger partial charge on any atom is -0.497 e. The van der Waals surface area contributed by atoms with E-state index < -0.39 is 0 Å². The Balaban J connectivity index is 1.36. The van der Waals surface area contributed by atoms with Crippen LogP contribution in [0.5, 0.6) is 5.75 Å². The second-order valence-corrected chi connectivity index (χ2v) is 7.98. The largest absolute Gasteiger partial charge is 0.497 e. The predicted molar refractivity (Wildman–Crippen MR) is 115 cm³/mol. The highest BCUT2D eigenvalue weighted by Crippen LogP contribution is 2.27. The Kier molecular flexibility index (Phi) is 6.47. The third-order valence-corrected chi connectivity index (χ3v) is 6.09. The zero-order valence-corrected chi connectivity index (χ0v) is 17.1. The van der Waals surface area contributed by atoms with E-state index in [0.717, 1.165) is 74.6 Å². The molecule has 0 aromatic heterocycles. The zero-order chi connectivity index (χ0) is 20.1. The van der Waals surface area contributed by atoms with Crippen LogP contribution >= 0.6 is 0 Å². The maximum atomic E-state index is 12.9. The van der Waals surface area contributed by atoms with Crippen LogP contribution in [0.25, 0.3) is 11.1 Å². The first-order valence-electron chi connectivity index (χ1n) is 10.6. The summed E-state index contributed by atoms with van der Waals surface area (Å²) in [6.07, 6.45) is 4.22. The summed E-state index contributed by atoms with van der Waals surface area (Å²) in [5, 5.41) is 3.12. The smallest absolute Gasteiger partial charge is 0.228 e. The van der Waals surface area contributed by atoms with Gasteiger partial charge in [-0.05, 0) is 67.6 Å². The molecule has 5 nitrogen and oxygen atoms in total. The number of nitrogens with zero attached hydrogens (tertiary/aromatic N) is 1. The first-order valence-corrected chi connectivity index (χ1v) is 10.6. The van der Waals surface area contributed by atoms with Crippen molar-refractivity contribution in [2.45, 2.75) is 31.7 Å². The number of hydrogen-bond acceptors (Lipinski definition) is 4. The number of methoxy groups -OCH3 is 1. The number of carbonyl (C=O) groups is 1. The summed E-state index contributed by atoms with van der Waals surface area (Å²) in [7, 11) is 1.67. The van der Waals surface area contributed by atoms with Crippen molar-refractivity contribution in [3.05, 3.63) is 48.5 Å². The second-order valence-electron chi connectivity index (χ2n) is 7.98. The topological polar surface area (TPSA) is 50.8 Å². The minimum atomic E-state index is 0.0599. The molecule has 2 aliphatic heterocycles. The average molecular weight is 395 g/mol. The number of hydrogen-bond donors (Lipinski definition) is 1. The van der Waals surface area contributed by atoms with E-state index in [1.165, 1.54) is 0 Å². The van der Waals surface area contributed by atoms with Crippen LogP contribution in [0.4, 0.5) is 5.69 Å². The number of rotatable bonds is 5. The van der Waals surface area contributed by atoms with Gasteiger partial charge in [-0.2, -0.15) is 0 Å². The Bertz CT molecular complexity index is 815. The molecular formula is C24H30N2O3. The molecule has 0 aliphatic carbocycles. The second kappa shape index (κ2) is 9.42. The molecule has 2 heterocycles. The van der Waals surface area contributed by atoms with Gasteiger partial charge >= 0.3 is 0 Å². The van der Waals surface area contributed by atoms with E-state index in [9.17, 15) is 4.79 Å². The first kappa shape index (κ1) is 19.9. The van der Waals surface area contributed by atoms with Gasteiger partial charge in [0, 0.05) is 31.5 Å². The van der Waals surface area contributed by atoms with Crippen molar-refractivity contribution in [1.82, 2.24) is 4.90 Å². The molecule has 1 amide bonds. The maximum Gasteiger partial charge on any atom is 0.228 e. The van der Waals surface area contributed by atoms with Crippen molar-refractivity contribution in [1.29, 1.82) is 0 Å². The van der Waals surface area contributed by atoms with Gasteiger partial charge in [0.2, 0.25) is 5.91 Å². The molecule has 1 N–H and O–H groups in total. The fourth-order valence-corrected chi connectivity index (χ4v) is 4.40. The van der Waals surface area contributed by atoms with Crippen LogP contribution in [-0.2, 0) is 9.53 Å². The SMILES string of the molecule is COc1cccc(-c2ccc(NC(=O)[C@H]3CCCN(C4CCOCC4)C3)cc2)c1. The van der Waals surface area contributed by atoms with Crippen LogP contribution in [0, 0.1) is 5.92 Å². The molecule has 0 saturated carbocycles. The summed E-state index contributed by atoms with van der Waals surface area (Å²) in [4.78, 5) is 15.4. The average Bonchev–Trinajstić information content (AvgIpc) is 2.80. The monoisotopic (exact) mass is 394 g/mol. The van der Waals surface area contributed by atoms with Gasteiger partial charge in [-0.1, -0.05) is 24.3 Å². The van der Waals surface area contributed by atoms with Crippen molar-refractivity contribution < 1.29 is 14.3 Å². The van der Waals surface area contributed by atoms with Gasteiger partial charge in [-0.3, -0.25) is 9.69 Å². The fourth-order valence-electron chi connectivity index (χ4n) is 4.40. The van der Waals surface area contributed by atoms with Crippen LogP contribution in [0.2, 0.25) is 0 Å². The first-order chi connectivity index (χ1) is 14.2. The molecule has 0 radical (unpaired) electrons. The van der Waals surface area contributed by atoms with Gasteiger partial charge in [0.25, 0.3) is 0 Å². The van der Waals surface area contributed by atoms with Crippen LogP contribution in [0.1, 0.15) is 25.7 Å². The summed E-state index contributed by atoms with van der Waals surface area (Å²) in [6, 6.07) is 16.6. The molecule has 0 spiro atoms. The molecule has 2 aromatic carbocycles. The van der Waals surface area contributed by atoms with Gasteiger partial charge in [-0.25, -0.2) is 0 Å². The summed E-state index contributed by atoms with van der Waals surface area (Å²) in [5.41, 5.74) is 3.05. The quantitative estimate of drug-likeness (QED) is 0.826. The minimum absolute atomic E-state index is 0.0599. The molecule has 4 rings (SSSR count). The highest BCUT2D eigenvalue weighted by molar-refractivity contribution is 5.93. The van der Waals surface area contributed by atoms with Crippen LogP contribution in [0.15, 0.2) is 48.5 Å². The Morgan fingerprint density at radius 3 is 2.62 bits per heavy atom. The Morgan fingerprint density at radius 2 is 1.86 bits per heavy atom. The number of amides is 1. The lowest BCUT2D eigenvalue weighted by molar-refractivity contribution is -0.122. The summed E-state index contributed by atoms with van der Waals surface area (Å²) < 4.78 is 10.8. The molecule has 154 valence electrons. The van der Waals surface area contributed by atoms with Gasteiger partial charge in [0.15, 0.2) is 0 Å². The molecule has 2 saturated heterocycles. The van der Waals surface area contributed by atoms with E-state index in [1.54, 1.807) is 7.11 Å². The summed E-state index contributed by atoms with van der Waals surface area (Å²) >= 11 is 0. The standard InChI is InChI=1S/C24H30N2O3/c1-28-23-6-2-4-19(16-23)18-7-9-21(10-8-18)25-24(27)20-5-3-13-26(17-20)22-11-14-29-15-12-22/h2,4,6-10,16,20,22H,3,5,11-15,17H2,1H3,(H,25,27)/t20-/m0/s1. The summed E-state index contributed by atoms with van der Waals surface area (Å²) in [6.45, 7) is 3.65. The third kappa shape index (κ3) is 4.98. The van der Waals surface area contributed by atoms with Crippen molar-refractivity contribution >= 4 is 11.6 Å². The lowest BCUT2D eigenvalue weighted by Gasteiger charge is -2.39. The molecular weight excluding hydrogens is 364 g/mol. The van der Waals surface area contributed by atoms with Crippen LogP contribution in [-0.4, -0.2) is 50.3 Å². The van der Waals surface area contributed by atoms with Crippen molar-refractivity contribution in [2.75, 3.05) is 38.7 Å². The fraction of sp³-hybridized carbons (Fsp3) is 0.458. The Morgan fingerprint density at radius 1 is 1.07 bits per heavy atom. The molecule has 2 fully saturated rings. The molecule has 2 aromatic rings. The van der Waals surface area contributed by atoms with E-state index in [-0.39, 0.29) is 11.8 Å². The van der Waals surface area contributed by atoms with Crippen molar-refractivity contribution in [3.63, 3.8) is 0 Å². The van der Waals surface area contributed by atoms with Gasteiger partial charge in [0.1, 0.15) is 5.75 Å². The Hall–Kier alpha value is -2.37. The van der Waals surface area contributed by atoms with E-state index in [4.69, 9.17) is 9.47 Å². The van der Waals surface area contributed by atoms with Gasteiger partial charge < -0.3 is 14.8 Å². The van der Waals surface area contributed by atoms with E-state index in [1.807, 2.05) is 42.5 Å². The third-order valence-electron chi connectivity index (χ3n) is 6.09. The molecule has 0 bridgehead atoms. The zero-order valence-electron chi connectivity index (χ0n) is 17.1. The number of nitrogens with one attached hydrogen (secondary N) is 1. The number of likely N-dealkylation sites (tertiary alicyclic amines) is 1. The Labute approximate surface area is 173 Å². The van der Waals surface area contributed by atoms with Crippen LogP contribution < -0.4 is 10.1 Å². The van der Waals surface area contributed by atoms with E-state index in [2.05, 4.69) is 16.3 Å². The number of carbonyl (C=O) groups excluding carboxylic acids is 1. The summed E-state index contributed by atoms with van der Waals surface area (Å²) in [5.74, 6) is 1.03. The van der Waals surface area contributed by atoms with Crippen molar-refractivity contribution in [2.24, 2.45) is 5.92 Å². The van der Waals surface area contributed by atoms with E-state index in [0.29, 0.717) is 6.04 Å². The molecule has 0 unspecified atom stereocenters. The number of benzene rings is 2. The van der Waals surface area contributed by atoms with E-state index >= 15 is 0 Å². The van der Waals surface area contributed by atoms with Gasteiger partial charge in [-0.15, -0.1) is 0 Å². The number of anilines is 1. The molecule has 2 aliphatic rings. The normalized spacial score (nSPS) is 20.9. The maximum absolute atomic E-state index is 12.9. The molecule has 29 heavy (non-hydrogen) atoms. The van der Waals surface area contributed by atoms with Crippen molar-refractivity contribution in [3.8, 4) is 16.9 Å².